The van der Waals surface area contributed by atoms with Crippen molar-refractivity contribution in [3.05, 3.63) is 53.6 Å². The third-order valence-electron chi connectivity index (χ3n) is 9.32. The van der Waals surface area contributed by atoms with E-state index in [1.807, 2.05) is 33.0 Å². The molecule has 13 nitrogen and oxygen atoms in total. The Kier molecular flexibility index (Phi) is 14.1. The van der Waals surface area contributed by atoms with E-state index in [0.29, 0.717) is 28.4 Å². The third-order valence-corrected chi connectivity index (χ3v) is 13.8. The van der Waals surface area contributed by atoms with Crippen molar-refractivity contribution in [1.29, 1.82) is 5.26 Å². The monoisotopic (exact) mass is 751 g/mol. The smallest absolute Gasteiger partial charge is 0.410 e. The van der Waals surface area contributed by atoms with E-state index >= 15 is 0 Å². The number of hydrogen-bond acceptors (Lipinski definition) is 9. The molecule has 0 aliphatic carbocycles. The molecule has 290 valence electrons. The van der Waals surface area contributed by atoms with Crippen molar-refractivity contribution in [2.75, 3.05) is 14.2 Å². The molecule has 0 unspecified atom stereocenters. The highest BCUT2D eigenvalue weighted by Crippen LogP contribution is 2.41. The highest BCUT2D eigenvalue weighted by atomic mass is 28.4. The number of ether oxygens (including phenoxy) is 3. The first kappa shape index (κ1) is 42.8. The minimum absolute atomic E-state index is 0.0183. The number of nitrogens with one attached hydrogen (secondary N) is 3. The molecule has 2 aromatic carbocycles. The van der Waals surface area contributed by atoms with E-state index in [-0.39, 0.29) is 30.3 Å². The molecule has 4 bridgehead atoms. The van der Waals surface area contributed by atoms with Crippen molar-refractivity contribution in [2.45, 2.75) is 123 Å². The van der Waals surface area contributed by atoms with E-state index in [1.54, 1.807) is 63.2 Å². The van der Waals surface area contributed by atoms with Gasteiger partial charge in [0.1, 0.15) is 29.5 Å². The molecule has 53 heavy (non-hydrogen) atoms. The van der Waals surface area contributed by atoms with Crippen LogP contribution in [0.5, 0.6) is 17.2 Å². The van der Waals surface area contributed by atoms with Crippen LogP contribution in [0.2, 0.25) is 18.1 Å². The average Bonchev–Trinajstić information content (AvgIpc) is 3.05. The maximum atomic E-state index is 14.6. The van der Waals surface area contributed by atoms with Gasteiger partial charge in [-0.1, -0.05) is 52.8 Å². The molecule has 4 rings (SSSR count). The normalized spacial score (nSPS) is 18.9. The van der Waals surface area contributed by atoms with Crippen molar-refractivity contribution in [2.24, 2.45) is 5.92 Å². The molecular weight excluding hydrogens is 695 g/mol. The summed E-state index contributed by atoms with van der Waals surface area (Å²) in [5, 5.41) is 17.8. The summed E-state index contributed by atoms with van der Waals surface area (Å²) in [4.78, 5) is 57.0. The van der Waals surface area contributed by atoms with Crippen molar-refractivity contribution < 1.29 is 37.8 Å². The van der Waals surface area contributed by atoms with Gasteiger partial charge in [-0.3, -0.25) is 19.3 Å². The fraction of sp³-hybridized carbons (Fsp3) is 0.564. The van der Waals surface area contributed by atoms with Crippen LogP contribution in [-0.4, -0.2) is 74.9 Å². The van der Waals surface area contributed by atoms with Crippen LogP contribution in [0.15, 0.2) is 42.5 Å². The maximum absolute atomic E-state index is 14.6. The van der Waals surface area contributed by atoms with E-state index in [2.05, 4.69) is 36.7 Å². The van der Waals surface area contributed by atoms with E-state index < -0.39 is 62.0 Å². The number of methoxy groups -OCH3 is 1. The van der Waals surface area contributed by atoms with Crippen LogP contribution in [0.25, 0.3) is 0 Å². The molecule has 0 spiro atoms. The van der Waals surface area contributed by atoms with E-state index in [1.165, 1.54) is 19.1 Å². The number of hydrogen-bond donors (Lipinski definition) is 3. The predicted molar refractivity (Wildman–Crippen MR) is 204 cm³/mol. The van der Waals surface area contributed by atoms with Crippen LogP contribution in [0.1, 0.15) is 85.5 Å². The highest BCUT2D eigenvalue weighted by Gasteiger charge is 2.45. The number of nitriles is 1. The van der Waals surface area contributed by atoms with Crippen LogP contribution in [-0.2, 0) is 30.1 Å². The first-order valence-electron chi connectivity index (χ1n) is 17.9. The number of amides is 4. The molecule has 0 radical (unpaired) electrons. The van der Waals surface area contributed by atoms with Gasteiger partial charge in [-0.15, -0.1) is 0 Å². The first-order valence-corrected chi connectivity index (χ1v) is 20.8. The van der Waals surface area contributed by atoms with Crippen LogP contribution in [0.4, 0.5) is 4.79 Å². The minimum atomic E-state index is -2.69. The van der Waals surface area contributed by atoms with Gasteiger partial charge in [0.05, 0.1) is 25.7 Å². The lowest BCUT2D eigenvalue weighted by molar-refractivity contribution is -0.136. The van der Waals surface area contributed by atoms with Gasteiger partial charge in [0.25, 0.3) is 0 Å². The topological polar surface area (TPSA) is 168 Å². The summed E-state index contributed by atoms with van der Waals surface area (Å²) in [6, 6.07) is 10.5. The van der Waals surface area contributed by atoms with Crippen LogP contribution >= 0.6 is 0 Å². The van der Waals surface area contributed by atoms with Crippen LogP contribution in [0.3, 0.4) is 0 Å². The molecule has 3 N–H and O–H groups in total. The zero-order valence-electron chi connectivity index (χ0n) is 33.2. The lowest BCUT2D eigenvalue weighted by atomic mass is 9.98. The van der Waals surface area contributed by atoms with Crippen LogP contribution < -0.4 is 25.4 Å². The standard InChI is InChI=1S/C39H57N5O8Si/c1-24(2)21-29(44(9)37(48)51-38(3,4)5)35(46)43-32-33(52-53(11,12)39(6,7)8)26-14-16-27(17-15-26)50-31-22-25(13-18-30(31)49-10)23-41-34(45)28(19-20-40)42-36(32)47/h13-18,22,24,28-29,32-33H,19,21,23H2,1-12H3,(H,41,45)(H,42,47)(H,43,46)/t28-,29+,32+,33+/m0/s1. The van der Waals surface area contributed by atoms with E-state index in [9.17, 15) is 24.4 Å². The molecule has 4 amide bonds. The second-order valence-electron chi connectivity index (χ2n) is 16.3. The number of carbonyl (C=O) groups is 4. The summed E-state index contributed by atoms with van der Waals surface area (Å²) in [5.74, 6) is -0.587. The van der Waals surface area contributed by atoms with Crippen LogP contribution in [0, 0.1) is 17.2 Å². The summed E-state index contributed by atoms with van der Waals surface area (Å²) >= 11 is 0. The minimum Gasteiger partial charge on any atom is -0.493 e. The molecule has 0 fully saturated rings. The maximum Gasteiger partial charge on any atom is 0.410 e. The van der Waals surface area contributed by atoms with Gasteiger partial charge in [0, 0.05) is 13.6 Å². The number of likely N-dealkylation sites (N-methyl/N-ethyl adjacent to an activating group) is 1. The summed E-state index contributed by atoms with van der Waals surface area (Å²) in [5.41, 5.74) is 0.435. The van der Waals surface area contributed by atoms with E-state index in [0.717, 1.165) is 0 Å². The average molecular weight is 752 g/mol. The van der Waals surface area contributed by atoms with Gasteiger partial charge in [-0.05, 0) is 86.6 Å². The Labute approximate surface area is 315 Å². The number of rotatable bonds is 9. The lowest BCUT2D eigenvalue weighted by Crippen LogP contribution is -2.60. The number of carbonyl (C=O) groups excluding carboxylic acids is 4. The van der Waals surface area contributed by atoms with Crippen molar-refractivity contribution in [1.82, 2.24) is 20.9 Å². The fourth-order valence-corrected chi connectivity index (χ4v) is 6.60. The highest BCUT2D eigenvalue weighted by molar-refractivity contribution is 6.74. The Morgan fingerprint density at radius 1 is 1.06 bits per heavy atom. The van der Waals surface area contributed by atoms with Gasteiger partial charge in [-0.2, -0.15) is 5.26 Å². The molecule has 2 aliphatic rings. The van der Waals surface area contributed by atoms with Crippen molar-refractivity contribution >= 4 is 32.1 Å². The molecular formula is C39H57N5O8Si. The molecule has 4 atom stereocenters. The van der Waals surface area contributed by atoms with Crippen molar-refractivity contribution in [3.8, 4) is 23.3 Å². The van der Waals surface area contributed by atoms with Gasteiger partial charge in [0.2, 0.25) is 17.7 Å². The number of fused-ring (bicyclic) bond motifs is 9. The van der Waals surface area contributed by atoms with E-state index in [4.69, 9.17) is 18.6 Å². The quantitative estimate of drug-likeness (QED) is 0.248. The summed E-state index contributed by atoms with van der Waals surface area (Å²) in [6.07, 6.45) is -1.83. The first-order chi connectivity index (χ1) is 24.6. The Hall–Kier alpha value is -4.61. The largest absolute Gasteiger partial charge is 0.493 e. The zero-order valence-corrected chi connectivity index (χ0v) is 34.2. The second-order valence-corrected chi connectivity index (χ2v) is 21.1. The van der Waals surface area contributed by atoms with Crippen molar-refractivity contribution in [3.63, 3.8) is 0 Å². The molecule has 0 saturated heterocycles. The molecule has 2 aromatic rings. The molecule has 2 aliphatic heterocycles. The summed E-state index contributed by atoms with van der Waals surface area (Å²) in [6.45, 7) is 19.4. The molecule has 14 heteroatoms. The predicted octanol–water partition coefficient (Wildman–Crippen LogP) is 6.35. The lowest BCUT2D eigenvalue weighted by Gasteiger charge is -2.42. The number of nitrogens with zero attached hydrogens (tertiary/aromatic N) is 2. The summed E-state index contributed by atoms with van der Waals surface area (Å²) < 4.78 is 24.3. The summed E-state index contributed by atoms with van der Waals surface area (Å²) in [7, 11) is 0.327. The third kappa shape index (κ3) is 11.7. The second kappa shape index (κ2) is 17.5. The Bertz CT molecular complexity index is 1660. The SMILES string of the molecule is COc1ccc2cc1Oc1ccc(cc1)[C@@H](O[Si](C)(C)C(C)(C)C)[C@@H](NC(=O)[C@@H](CC(C)C)N(C)C(=O)OC(C)(C)C)C(=O)N[C@@H](CC#N)C(=O)NC2. The van der Waals surface area contributed by atoms with Gasteiger partial charge >= 0.3 is 6.09 Å². The molecule has 0 aromatic heterocycles. The fourth-order valence-electron chi connectivity index (χ4n) is 5.34. The Morgan fingerprint density at radius 2 is 1.70 bits per heavy atom. The number of benzene rings is 2. The molecule has 0 saturated carbocycles. The van der Waals surface area contributed by atoms with Gasteiger partial charge in [0.15, 0.2) is 19.8 Å². The zero-order chi connectivity index (χ0) is 39.9. The van der Waals surface area contributed by atoms with Gasteiger partial charge < -0.3 is 34.6 Å². The Morgan fingerprint density at radius 3 is 2.25 bits per heavy atom. The van der Waals surface area contributed by atoms with Gasteiger partial charge in [-0.25, -0.2) is 4.79 Å². The molecule has 2 heterocycles. The Balaban J connectivity index is 2.23.